The molecule has 0 amide bonds. The van der Waals surface area contributed by atoms with Crippen LogP contribution in [0.25, 0.3) is 0 Å². The van der Waals surface area contributed by atoms with E-state index in [0.717, 1.165) is 19.1 Å². The molecule has 0 spiro atoms. The molecule has 0 aromatic heterocycles. The van der Waals surface area contributed by atoms with Crippen LogP contribution in [0.2, 0.25) is 0 Å². The lowest BCUT2D eigenvalue weighted by atomic mass is 10.1. The first kappa shape index (κ1) is 12.7. The molecule has 0 aliphatic heterocycles. The molecule has 1 aliphatic carbocycles. The van der Waals surface area contributed by atoms with Crippen molar-refractivity contribution in [2.24, 2.45) is 0 Å². The molecule has 3 heteroatoms. The lowest BCUT2D eigenvalue weighted by Gasteiger charge is -2.18. The van der Waals surface area contributed by atoms with Crippen LogP contribution in [0.4, 0.5) is 0 Å². The monoisotopic (exact) mass is 268 g/mol. The van der Waals surface area contributed by atoms with Crippen molar-refractivity contribution in [3.8, 4) is 11.5 Å². The summed E-state index contributed by atoms with van der Waals surface area (Å²) in [7, 11) is 1.58. The summed E-state index contributed by atoms with van der Waals surface area (Å²) in [4.78, 5) is 11.2. The number of methoxy groups -OCH3 is 1. The van der Waals surface area contributed by atoms with Gasteiger partial charge < -0.3 is 9.47 Å². The van der Waals surface area contributed by atoms with Gasteiger partial charge in [-0.2, -0.15) is 0 Å². The quantitative estimate of drug-likeness (QED) is 0.795. The zero-order chi connectivity index (χ0) is 13.9. The van der Waals surface area contributed by atoms with Gasteiger partial charge in [0, 0.05) is 0 Å². The highest BCUT2D eigenvalue weighted by molar-refractivity contribution is 5.81. The number of ether oxygens (including phenoxy) is 2. The van der Waals surface area contributed by atoms with E-state index in [1.807, 2.05) is 18.2 Å². The third-order valence-electron chi connectivity index (χ3n) is 3.69. The molecule has 102 valence electrons. The van der Waals surface area contributed by atoms with Gasteiger partial charge in [-0.3, -0.25) is 4.79 Å². The fraction of sp³-hybridized carbons (Fsp3) is 0.235. The molecule has 20 heavy (non-hydrogen) atoms. The van der Waals surface area contributed by atoms with Crippen LogP contribution < -0.4 is 9.47 Å². The second-order valence-electron chi connectivity index (χ2n) is 4.84. The van der Waals surface area contributed by atoms with Crippen LogP contribution in [0.5, 0.6) is 11.5 Å². The average molecular weight is 268 g/mol. The van der Waals surface area contributed by atoms with E-state index in [1.165, 1.54) is 11.1 Å². The molecule has 1 unspecified atom stereocenters. The fourth-order valence-electron chi connectivity index (χ4n) is 2.70. The van der Waals surface area contributed by atoms with Crippen molar-refractivity contribution in [2.75, 3.05) is 7.11 Å². The molecule has 0 heterocycles. The van der Waals surface area contributed by atoms with Gasteiger partial charge >= 0.3 is 0 Å². The number of aldehydes is 1. The summed E-state index contributed by atoms with van der Waals surface area (Å²) in [6.07, 6.45) is 2.72. The number of hydrogen-bond donors (Lipinski definition) is 0. The molecule has 0 N–H and O–H groups in total. The van der Waals surface area contributed by atoms with Crippen molar-refractivity contribution in [1.82, 2.24) is 0 Å². The van der Waals surface area contributed by atoms with Crippen molar-refractivity contribution in [1.29, 1.82) is 0 Å². The molecule has 1 aliphatic rings. The van der Waals surface area contributed by atoms with Crippen LogP contribution >= 0.6 is 0 Å². The number of aryl methyl sites for hydroxylation is 1. The second-order valence-corrected chi connectivity index (χ2v) is 4.84. The number of benzene rings is 2. The predicted molar refractivity (Wildman–Crippen MR) is 76.5 cm³/mol. The molecule has 3 nitrogen and oxygen atoms in total. The average Bonchev–Trinajstić information content (AvgIpc) is 2.91. The highest BCUT2D eigenvalue weighted by Gasteiger charge is 2.25. The molecule has 0 fully saturated rings. The Labute approximate surface area is 118 Å². The molecular formula is C17H16O3. The zero-order valence-electron chi connectivity index (χ0n) is 11.3. The van der Waals surface area contributed by atoms with E-state index < -0.39 is 0 Å². The Balaban J connectivity index is 1.95. The maximum Gasteiger partial charge on any atom is 0.172 e. The molecule has 0 radical (unpaired) electrons. The zero-order valence-corrected chi connectivity index (χ0v) is 11.3. The highest BCUT2D eigenvalue weighted by atomic mass is 16.5. The number of para-hydroxylation sites is 1. The van der Waals surface area contributed by atoms with Gasteiger partial charge in [-0.05, 0) is 36.1 Å². The Bertz CT molecular complexity index is 634. The number of hydrogen-bond acceptors (Lipinski definition) is 3. The Hall–Kier alpha value is -2.29. The summed E-state index contributed by atoms with van der Waals surface area (Å²) in [6, 6.07) is 13.6. The molecule has 2 aromatic rings. The van der Waals surface area contributed by atoms with Gasteiger partial charge in [0.2, 0.25) is 0 Å². The van der Waals surface area contributed by atoms with Crippen LogP contribution in [0, 0.1) is 0 Å². The number of carbonyl (C=O) groups is 1. The lowest BCUT2D eigenvalue weighted by Crippen LogP contribution is -2.06. The summed E-state index contributed by atoms with van der Waals surface area (Å²) >= 11 is 0. The number of fused-ring (bicyclic) bond motifs is 1. The van der Waals surface area contributed by atoms with E-state index in [1.54, 1.807) is 19.2 Å². The summed E-state index contributed by atoms with van der Waals surface area (Å²) in [6.45, 7) is 0. The first-order chi connectivity index (χ1) is 9.83. The van der Waals surface area contributed by atoms with Gasteiger partial charge in [0.05, 0.1) is 12.7 Å². The van der Waals surface area contributed by atoms with E-state index in [4.69, 9.17) is 9.47 Å². The highest BCUT2D eigenvalue weighted by Crippen LogP contribution is 2.39. The molecule has 0 saturated heterocycles. The normalized spacial score (nSPS) is 16.6. The molecule has 1 atom stereocenters. The fourth-order valence-corrected chi connectivity index (χ4v) is 2.70. The Morgan fingerprint density at radius 3 is 2.80 bits per heavy atom. The van der Waals surface area contributed by atoms with E-state index in [2.05, 4.69) is 12.1 Å². The number of rotatable bonds is 4. The van der Waals surface area contributed by atoms with Gasteiger partial charge in [0.15, 0.2) is 17.8 Å². The first-order valence-electron chi connectivity index (χ1n) is 6.70. The summed E-state index contributed by atoms with van der Waals surface area (Å²) in [5, 5.41) is 0. The third kappa shape index (κ3) is 2.16. The van der Waals surface area contributed by atoms with Gasteiger partial charge in [0.1, 0.15) is 6.10 Å². The molecular weight excluding hydrogens is 252 g/mol. The van der Waals surface area contributed by atoms with Crippen molar-refractivity contribution in [3.63, 3.8) is 0 Å². The van der Waals surface area contributed by atoms with E-state index >= 15 is 0 Å². The minimum Gasteiger partial charge on any atom is -0.493 e. The second kappa shape index (κ2) is 5.37. The third-order valence-corrected chi connectivity index (χ3v) is 3.69. The van der Waals surface area contributed by atoms with Crippen molar-refractivity contribution in [3.05, 3.63) is 59.2 Å². The van der Waals surface area contributed by atoms with Crippen LogP contribution in [0.1, 0.15) is 34.0 Å². The molecule has 0 bridgehead atoms. The van der Waals surface area contributed by atoms with Crippen molar-refractivity contribution in [2.45, 2.75) is 18.9 Å². The SMILES string of the molecule is COc1cccc(C=O)c1OC1CCc2ccccc21. The largest absolute Gasteiger partial charge is 0.493 e. The van der Waals surface area contributed by atoms with E-state index in [9.17, 15) is 4.79 Å². The Morgan fingerprint density at radius 2 is 2.00 bits per heavy atom. The molecule has 0 saturated carbocycles. The van der Waals surface area contributed by atoms with Gasteiger partial charge in [-0.1, -0.05) is 30.3 Å². The van der Waals surface area contributed by atoms with Gasteiger partial charge in [-0.25, -0.2) is 0 Å². The van der Waals surface area contributed by atoms with Crippen LogP contribution in [-0.2, 0) is 6.42 Å². The van der Waals surface area contributed by atoms with Crippen molar-refractivity contribution >= 4 is 6.29 Å². The standard InChI is InChI=1S/C17H16O3/c1-19-16-8-4-6-13(11-18)17(16)20-15-10-9-12-5-2-3-7-14(12)15/h2-8,11,15H,9-10H2,1H3. The minimum absolute atomic E-state index is 0.0128. The van der Waals surface area contributed by atoms with E-state index in [-0.39, 0.29) is 6.10 Å². The minimum atomic E-state index is -0.0128. The summed E-state index contributed by atoms with van der Waals surface area (Å²) < 4.78 is 11.4. The Kier molecular flexibility index (Phi) is 3.42. The van der Waals surface area contributed by atoms with Crippen LogP contribution in [-0.4, -0.2) is 13.4 Å². The maximum atomic E-state index is 11.2. The van der Waals surface area contributed by atoms with Gasteiger partial charge in [-0.15, -0.1) is 0 Å². The number of carbonyl (C=O) groups excluding carboxylic acids is 1. The van der Waals surface area contributed by atoms with E-state index in [0.29, 0.717) is 17.1 Å². The smallest absolute Gasteiger partial charge is 0.172 e. The first-order valence-corrected chi connectivity index (χ1v) is 6.70. The Morgan fingerprint density at radius 1 is 1.15 bits per heavy atom. The van der Waals surface area contributed by atoms with Gasteiger partial charge in [0.25, 0.3) is 0 Å². The summed E-state index contributed by atoms with van der Waals surface area (Å²) in [5.41, 5.74) is 3.05. The van der Waals surface area contributed by atoms with Crippen molar-refractivity contribution < 1.29 is 14.3 Å². The predicted octanol–water partition coefficient (Wildman–Crippen LogP) is 3.57. The maximum absolute atomic E-state index is 11.2. The topological polar surface area (TPSA) is 35.5 Å². The van der Waals surface area contributed by atoms with Crippen LogP contribution in [0.15, 0.2) is 42.5 Å². The summed E-state index contributed by atoms with van der Waals surface area (Å²) in [5.74, 6) is 1.13. The molecule has 3 rings (SSSR count). The van der Waals surface area contributed by atoms with Crippen LogP contribution in [0.3, 0.4) is 0 Å². The lowest BCUT2D eigenvalue weighted by molar-refractivity contribution is 0.111. The molecule has 2 aromatic carbocycles.